The minimum absolute atomic E-state index is 0.251. The van der Waals surface area contributed by atoms with Crippen LogP contribution >= 0.6 is 0 Å². The monoisotopic (exact) mass is 342 g/mol. The molecule has 2 aromatic rings. The molecule has 1 aromatic carbocycles. The third-order valence-electron chi connectivity index (χ3n) is 4.70. The Morgan fingerprint density at radius 1 is 1.16 bits per heavy atom. The van der Waals surface area contributed by atoms with E-state index < -0.39 is 11.9 Å². The van der Waals surface area contributed by atoms with Crippen LogP contribution in [0.1, 0.15) is 48.9 Å². The number of hydrogen-bond donors (Lipinski definition) is 2. The first-order chi connectivity index (χ1) is 12.1. The Morgan fingerprint density at radius 3 is 2.68 bits per heavy atom. The summed E-state index contributed by atoms with van der Waals surface area (Å²) in [5, 5.41) is 20.1. The van der Waals surface area contributed by atoms with E-state index in [0.717, 1.165) is 31.4 Å². The normalized spacial score (nSPS) is 21.1. The minimum atomic E-state index is -0.830. The van der Waals surface area contributed by atoms with Crippen LogP contribution in [-0.2, 0) is 4.79 Å². The van der Waals surface area contributed by atoms with E-state index in [2.05, 4.69) is 15.6 Å². The summed E-state index contributed by atoms with van der Waals surface area (Å²) >= 11 is 0. The molecule has 1 fully saturated rings. The number of amides is 1. The van der Waals surface area contributed by atoms with Gasteiger partial charge in [0.2, 0.25) is 0 Å². The molecule has 2 N–H and O–H groups in total. The number of benzene rings is 1. The molecule has 1 heterocycles. The lowest BCUT2D eigenvalue weighted by Crippen LogP contribution is -2.43. The molecule has 0 aliphatic heterocycles. The molecule has 132 valence electrons. The number of rotatable bonds is 4. The van der Waals surface area contributed by atoms with E-state index in [1.54, 1.807) is 35.3 Å². The quantitative estimate of drug-likeness (QED) is 0.889. The smallest absolute Gasteiger partial charge is 0.308 e. The summed E-state index contributed by atoms with van der Waals surface area (Å²) in [5.41, 5.74) is 1.22. The van der Waals surface area contributed by atoms with Crippen LogP contribution in [0.25, 0.3) is 5.69 Å². The van der Waals surface area contributed by atoms with E-state index in [4.69, 9.17) is 0 Å². The van der Waals surface area contributed by atoms with Gasteiger partial charge in [-0.15, -0.1) is 5.10 Å². The molecule has 0 spiro atoms. The van der Waals surface area contributed by atoms with Gasteiger partial charge in [-0.25, -0.2) is 4.68 Å². The van der Waals surface area contributed by atoms with E-state index >= 15 is 0 Å². The van der Waals surface area contributed by atoms with E-state index in [1.807, 2.05) is 6.07 Å². The van der Waals surface area contributed by atoms with E-state index in [0.29, 0.717) is 18.4 Å². The predicted octanol–water partition coefficient (Wildman–Crippen LogP) is 2.42. The van der Waals surface area contributed by atoms with Crippen LogP contribution in [-0.4, -0.2) is 38.0 Å². The van der Waals surface area contributed by atoms with Crippen LogP contribution in [0.2, 0.25) is 0 Å². The van der Waals surface area contributed by atoms with Crippen molar-refractivity contribution in [3.8, 4) is 5.69 Å². The van der Waals surface area contributed by atoms with Crippen molar-refractivity contribution < 1.29 is 14.7 Å². The molecule has 1 aliphatic carbocycles. The van der Waals surface area contributed by atoms with Crippen molar-refractivity contribution in [1.82, 2.24) is 20.3 Å². The van der Waals surface area contributed by atoms with Crippen molar-refractivity contribution in [2.45, 2.75) is 44.6 Å². The summed E-state index contributed by atoms with van der Waals surface area (Å²) in [6, 6.07) is 6.72. The lowest BCUT2D eigenvalue weighted by Gasteiger charge is -2.27. The predicted molar refractivity (Wildman–Crippen MR) is 91.4 cm³/mol. The highest BCUT2D eigenvalue weighted by molar-refractivity contribution is 5.95. The van der Waals surface area contributed by atoms with Crippen molar-refractivity contribution in [2.24, 2.45) is 5.92 Å². The Labute approximate surface area is 146 Å². The van der Waals surface area contributed by atoms with Crippen molar-refractivity contribution in [2.75, 3.05) is 0 Å². The molecular formula is C18H22N4O3. The highest BCUT2D eigenvalue weighted by Crippen LogP contribution is 2.23. The summed E-state index contributed by atoms with van der Waals surface area (Å²) < 4.78 is 1.58. The lowest BCUT2D eigenvalue weighted by molar-refractivity contribution is -0.143. The summed E-state index contributed by atoms with van der Waals surface area (Å²) in [6.45, 7) is 0. The van der Waals surface area contributed by atoms with Crippen LogP contribution in [0, 0.1) is 5.92 Å². The molecule has 1 aromatic heterocycles. The van der Waals surface area contributed by atoms with Crippen molar-refractivity contribution >= 4 is 11.9 Å². The van der Waals surface area contributed by atoms with E-state index in [9.17, 15) is 14.7 Å². The van der Waals surface area contributed by atoms with Gasteiger partial charge in [-0.05, 0) is 31.0 Å². The fourth-order valence-electron chi connectivity index (χ4n) is 3.34. The summed E-state index contributed by atoms with van der Waals surface area (Å²) in [4.78, 5) is 24.2. The second-order valence-electron chi connectivity index (χ2n) is 6.41. The molecule has 2 unspecified atom stereocenters. The van der Waals surface area contributed by atoms with Crippen LogP contribution < -0.4 is 5.32 Å². The maximum Gasteiger partial charge on any atom is 0.308 e. The zero-order valence-corrected chi connectivity index (χ0v) is 14.0. The molecule has 0 radical (unpaired) electrons. The second-order valence-corrected chi connectivity index (χ2v) is 6.41. The van der Waals surface area contributed by atoms with Gasteiger partial charge in [0.1, 0.15) is 0 Å². The van der Waals surface area contributed by atoms with Gasteiger partial charge in [-0.2, -0.15) is 0 Å². The van der Waals surface area contributed by atoms with Gasteiger partial charge in [-0.3, -0.25) is 9.59 Å². The molecule has 1 saturated carbocycles. The zero-order valence-electron chi connectivity index (χ0n) is 14.0. The van der Waals surface area contributed by atoms with Crippen LogP contribution in [0.5, 0.6) is 0 Å². The minimum Gasteiger partial charge on any atom is -0.481 e. The second kappa shape index (κ2) is 7.92. The fourth-order valence-corrected chi connectivity index (χ4v) is 3.34. The number of aromatic nitrogens is 3. The van der Waals surface area contributed by atoms with Crippen molar-refractivity contribution in [3.05, 3.63) is 42.2 Å². The Kier molecular flexibility index (Phi) is 5.42. The first kappa shape index (κ1) is 17.1. The topological polar surface area (TPSA) is 97.1 Å². The van der Waals surface area contributed by atoms with Gasteiger partial charge in [0, 0.05) is 11.6 Å². The van der Waals surface area contributed by atoms with Gasteiger partial charge in [-0.1, -0.05) is 37.0 Å². The molecular weight excluding hydrogens is 320 g/mol. The highest BCUT2D eigenvalue weighted by atomic mass is 16.4. The first-order valence-electron chi connectivity index (χ1n) is 8.65. The molecule has 1 amide bonds. The van der Waals surface area contributed by atoms with E-state index in [1.165, 1.54) is 0 Å². The molecule has 2 atom stereocenters. The molecule has 3 rings (SSSR count). The van der Waals surface area contributed by atoms with Gasteiger partial charge >= 0.3 is 5.97 Å². The number of carboxylic acid groups (broad SMARTS) is 1. The van der Waals surface area contributed by atoms with Gasteiger partial charge < -0.3 is 10.4 Å². The summed E-state index contributed by atoms with van der Waals surface area (Å²) in [7, 11) is 0. The lowest BCUT2D eigenvalue weighted by atomic mass is 9.86. The number of carbonyl (C=O) groups is 2. The van der Waals surface area contributed by atoms with Crippen molar-refractivity contribution in [3.63, 3.8) is 0 Å². The number of carbonyl (C=O) groups excluding carboxylic acids is 1. The molecule has 0 bridgehead atoms. The molecule has 7 heteroatoms. The molecule has 7 nitrogen and oxygen atoms in total. The van der Waals surface area contributed by atoms with Crippen LogP contribution in [0.4, 0.5) is 0 Å². The summed E-state index contributed by atoms with van der Waals surface area (Å²) in [5.74, 6) is -1.61. The van der Waals surface area contributed by atoms with Gasteiger partial charge in [0.05, 0.1) is 24.0 Å². The Balaban J connectivity index is 1.75. The van der Waals surface area contributed by atoms with Crippen LogP contribution in [0.3, 0.4) is 0 Å². The third kappa shape index (κ3) is 4.23. The highest BCUT2D eigenvalue weighted by Gasteiger charge is 2.30. The van der Waals surface area contributed by atoms with Gasteiger partial charge in [0.15, 0.2) is 0 Å². The van der Waals surface area contributed by atoms with Crippen molar-refractivity contribution in [1.29, 1.82) is 0 Å². The largest absolute Gasteiger partial charge is 0.481 e. The average molecular weight is 342 g/mol. The number of nitrogens with one attached hydrogen (secondary N) is 1. The Hall–Kier alpha value is -2.70. The van der Waals surface area contributed by atoms with E-state index in [-0.39, 0.29) is 11.9 Å². The fraction of sp³-hybridized carbons (Fsp3) is 0.444. The standard InChI is InChI=1S/C18H22N4O3/c23-17(13-6-5-7-14(12-13)22-11-10-19-21-22)20-16-9-4-2-1-3-8-15(16)18(24)25/h5-7,10-12,15-16H,1-4,8-9H2,(H,20,23)(H,24,25). The molecule has 1 aliphatic rings. The number of nitrogens with zero attached hydrogens (tertiary/aromatic N) is 3. The summed E-state index contributed by atoms with van der Waals surface area (Å²) in [6.07, 6.45) is 8.56. The number of carboxylic acids is 1. The maximum absolute atomic E-state index is 12.7. The zero-order chi connectivity index (χ0) is 17.6. The average Bonchev–Trinajstić information content (AvgIpc) is 3.11. The Morgan fingerprint density at radius 2 is 1.96 bits per heavy atom. The van der Waals surface area contributed by atoms with Gasteiger partial charge in [0.25, 0.3) is 5.91 Å². The SMILES string of the molecule is O=C(NC1CCCCCCC1C(=O)O)c1cccc(-n2ccnn2)c1. The Bertz CT molecular complexity index is 730. The van der Waals surface area contributed by atoms with Crippen LogP contribution in [0.15, 0.2) is 36.7 Å². The number of aliphatic carboxylic acids is 1. The molecule has 0 saturated heterocycles. The first-order valence-corrected chi connectivity index (χ1v) is 8.65. The molecule has 25 heavy (non-hydrogen) atoms. The third-order valence-corrected chi connectivity index (χ3v) is 4.70. The maximum atomic E-state index is 12.7. The number of hydrogen-bond acceptors (Lipinski definition) is 4.